The topological polar surface area (TPSA) is 38.0 Å². The van der Waals surface area contributed by atoms with Crippen LogP contribution in [0.2, 0.25) is 0 Å². The summed E-state index contributed by atoms with van der Waals surface area (Å²) in [6, 6.07) is 1.89. The van der Waals surface area contributed by atoms with Crippen molar-refractivity contribution < 1.29 is 0 Å². The molecule has 1 aliphatic heterocycles. The van der Waals surface area contributed by atoms with Crippen molar-refractivity contribution in [3.05, 3.63) is 11.6 Å². The highest BCUT2D eigenvalue weighted by molar-refractivity contribution is 5.22. The Morgan fingerprint density at radius 3 is 2.81 bits per heavy atom. The number of hydrogen-bond donors (Lipinski definition) is 2. The second kappa shape index (κ2) is 3.85. The zero-order valence-electron chi connectivity index (χ0n) is 10.3. The highest BCUT2D eigenvalue weighted by atomic mass is 15.0. The lowest BCUT2D eigenvalue weighted by Crippen LogP contribution is -2.42. The Morgan fingerprint density at radius 1 is 1.44 bits per heavy atom. The summed E-state index contributed by atoms with van der Waals surface area (Å²) in [7, 11) is 0. The van der Waals surface area contributed by atoms with E-state index in [0.29, 0.717) is 23.5 Å². The molecule has 0 aromatic heterocycles. The van der Waals surface area contributed by atoms with E-state index in [2.05, 4.69) is 18.3 Å². The van der Waals surface area contributed by atoms with Crippen LogP contribution >= 0.6 is 0 Å². The Labute approximate surface area is 98.7 Å². The molecule has 0 amide bonds. The van der Waals surface area contributed by atoms with Gasteiger partial charge >= 0.3 is 0 Å². The molecule has 4 unspecified atom stereocenters. The molecule has 0 aromatic carbocycles. The van der Waals surface area contributed by atoms with Crippen LogP contribution in [0.5, 0.6) is 0 Å². The molecule has 3 rings (SSSR count). The van der Waals surface area contributed by atoms with Gasteiger partial charge in [0.05, 0.1) is 0 Å². The fourth-order valence-corrected chi connectivity index (χ4v) is 3.58. The molecule has 90 valence electrons. The predicted molar refractivity (Wildman–Crippen MR) is 67.2 cm³/mol. The minimum Gasteiger partial charge on any atom is -0.327 e. The summed E-state index contributed by atoms with van der Waals surface area (Å²) in [5.41, 5.74) is 8.24. The van der Waals surface area contributed by atoms with Crippen molar-refractivity contribution in [3.63, 3.8) is 0 Å². The van der Waals surface area contributed by atoms with Crippen LogP contribution in [0.1, 0.15) is 51.9 Å². The average Bonchev–Trinajstić information content (AvgIpc) is 2.89. The molecule has 0 bridgehead atoms. The number of rotatable bonds is 1. The molecule has 2 aliphatic carbocycles. The van der Waals surface area contributed by atoms with E-state index in [9.17, 15) is 0 Å². The minimum atomic E-state index is 0.503. The molecule has 16 heavy (non-hydrogen) atoms. The van der Waals surface area contributed by atoms with Gasteiger partial charge < -0.3 is 11.1 Å². The number of nitrogens with two attached hydrogens (primary N) is 1. The quantitative estimate of drug-likeness (QED) is 0.666. The van der Waals surface area contributed by atoms with E-state index in [1.54, 1.807) is 5.57 Å². The van der Waals surface area contributed by atoms with Crippen molar-refractivity contribution >= 4 is 0 Å². The number of piperidine rings is 1. The van der Waals surface area contributed by atoms with Crippen molar-refractivity contribution in [2.24, 2.45) is 11.1 Å². The Bertz CT molecular complexity index is 310. The van der Waals surface area contributed by atoms with Crippen LogP contribution in [0.15, 0.2) is 11.6 Å². The van der Waals surface area contributed by atoms with Crippen LogP contribution in [-0.2, 0) is 0 Å². The van der Waals surface area contributed by atoms with Gasteiger partial charge in [-0.3, -0.25) is 0 Å². The second-order valence-electron chi connectivity index (χ2n) is 6.21. The Morgan fingerprint density at radius 2 is 2.25 bits per heavy atom. The molecule has 4 atom stereocenters. The molecule has 2 nitrogen and oxygen atoms in total. The van der Waals surface area contributed by atoms with Gasteiger partial charge in [-0.05, 0) is 50.9 Å². The van der Waals surface area contributed by atoms with E-state index in [1.165, 1.54) is 44.9 Å². The fourth-order valence-electron chi connectivity index (χ4n) is 3.58. The van der Waals surface area contributed by atoms with Crippen molar-refractivity contribution in [1.82, 2.24) is 5.32 Å². The normalized spacial score (nSPS) is 47.9. The van der Waals surface area contributed by atoms with Gasteiger partial charge in [-0.1, -0.05) is 18.1 Å². The van der Waals surface area contributed by atoms with E-state index in [-0.39, 0.29) is 0 Å². The summed E-state index contributed by atoms with van der Waals surface area (Å²) in [4.78, 5) is 0. The third-order valence-electron chi connectivity index (χ3n) is 5.00. The first-order chi connectivity index (χ1) is 7.70. The number of hydrogen-bond acceptors (Lipinski definition) is 2. The van der Waals surface area contributed by atoms with Crippen LogP contribution in [0.4, 0.5) is 0 Å². The lowest BCUT2D eigenvalue weighted by Gasteiger charge is -2.33. The Hall–Kier alpha value is -0.340. The van der Waals surface area contributed by atoms with Gasteiger partial charge in [0.25, 0.3) is 0 Å². The first-order valence-electron chi connectivity index (χ1n) is 6.90. The molecular weight excluding hydrogens is 196 g/mol. The third kappa shape index (κ3) is 1.82. The third-order valence-corrected chi connectivity index (χ3v) is 5.00. The largest absolute Gasteiger partial charge is 0.327 e. The zero-order valence-corrected chi connectivity index (χ0v) is 10.3. The Balaban J connectivity index is 1.63. The number of nitrogens with one attached hydrogen (secondary N) is 1. The fraction of sp³-hybridized carbons (Fsp3) is 0.857. The summed E-state index contributed by atoms with van der Waals surface area (Å²) in [6.07, 6.45) is 11.7. The van der Waals surface area contributed by atoms with Crippen LogP contribution in [0, 0.1) is 5.41 Å². The van der Waals surface area contributed by atoms with Crippen LogP contribution in [0.25, 0.3) is 0 Å². The maximum Gasteiger partial charge on any atom is 0.0281 e. The molecule has 1 spiro atoms. The van der Waals surface area contributed by atoms with E-state index in [0.717, 1.165) is 0 Å². The monoisotopic (exact) mass is 220 g/mol. The Kier molecular flexibility index (Phi) is 2.60. The predicted octanol–water partition coefficient (Wildman–Crippen LogP) is 2.34. The van der Waals surface area contributed by atoms with Crippen LogP contribution < -0.4 is 11.1 Å². The SMILES string of the molecule is CC1CCCC(C2=CCC3(CC2)CC3N)N1. The highest BCUT2D eigenvalue weighted by Gasteiger charge is 2.51. The van der Waals surface area contributed by atoms with Crippen molar-refractivity contribution in [2.45, 2.75) is 70.0 Å². The first kappa shape index (κ1) is 10.8. The zero-order chi connectivity index (χ0) is 11.2. The van der Waals surface area contributed by atoms with Crippen LogP contribution in [-0.4, -0.2) is 18.1 Å². The lowest BCUT2D eigenvalue weighted by molar-refractivity contribution is 0.340. The maximum absolute atomic E-state index is 6.03. The van der Waals surface area contributed by atoms with Gasteiger partial charge in [0, 0.05) is 18.1 Å². The maximum atomic E-state index is 6.03. The van der Waals surface area contributed by atoms with Gasteiger partial charge in [0.1, 0.15) is 0 Å². The first-order valence-corrected chi connectivity index (χ1v) is 6.90. The summed E-state index contributed by atoms with van der Waals surface area (Å²) >= 11 is 0. The lowest BCUT2D eigenvalue weighted by atomic mass is 9.81. The molecule has 0 radical (unpaired) electrons. The van der Waals surface area contributed by atoms with E-state index in [1.807, 2.05) is 0 Å². The standard InChI is InChI=1S/C14H24N2/c1-10-3-2-4-12(16-10)11-5-7-14(8-6-11)9-13(14)15/h5,10,12-13,16H,2-4,6-9,15H2,1H3. The van der Waals surface area contributed by atoms with E-state index >= 15 is 0 Å². The summed E-state index contributed by atoms with van der Waals surface area (Å²) < 4.78 is 0. The van der Waals surface area contributed by atoms with Gasteiger partial charge in [-0.25, -0.2) is 0 Å². The molecule has 0 aromatic rings. The summed E-state index contributed by atoms with van der Waals surface area (Å²) in [5, 5.41) is 3.75. The van der Waals surface area contributed by atoms with E-state index < -0.39 is 0 Å². The van der Waals surface area contributed by atoms with Crippen molar-refractivity contribution in [2.75, 3.05) is 0 Å². The molecule has 1 saturated heterocycles. The highest BCUT2D eigenvalue weighted by Crippen LogP contribution is 2.54. The molecule has 3 aliphatic rings. The minimum absolute atomic E-state index is 0.503. The molecule has 1 saturated carbocycles. The molecule has 2 fully saturated rings. The number of allylic oxidation sites excluding steroid dienone is 1. The summed E-state index contributed by atoms with van der Waals surface area (Å²) in [5.74, 6) is 0. The molecule has 3 N–H and O–H groups in total. The average molecular weight is 220 g/mol. The van der Waals surface area contributed by atoms with E-state index in [4.69, 9.17) is 5.73 Å². The molecular formula is C14H24N2. The van der Waals surface area contributed by atoms with Gasteiger partial charge in [-0.2, -0.15) is 0 Å². The smallest absolute Gasteiger partial charge is 0.0281 e. The van der Waals surface area contributed by atoms with Gasteiger partial charge in [-0.15, -0.1) is 0 Å². The van der Waals surface area contributed by atoms with Crippen LogP contribution in [0.3, 0.4) is 0 Å². The van der Waals surface area contributed by atoms with Crippen molar-refractivity contribution in [1.29, 1.82) is 0 Å². The summed E-state index contributed by atoms with van der Waals surface area (Å²) in [6.45, 7) is 2.31. The second-order valence-corrected chi connectivity index (χ2v) is 6.21. The van der Waals surface area contributed by atoms with Crippen molar-refractivity contribution in [3.8, 4) is 0 Å². The molecule has 1 heterocycles. The van der Waals surface area contributed by atoms with Gasteiger partial charge in [0.15, 0.2) is 0 Å². The van der Waals surface area contributed by atoms with Gasteiger partial charge in [0.2, 0.25) is 0 Å². The molecule has 2 heteroatoms.